The molecule has 144 valence electrons. The molecule has 0 spiro atoms. The molecule has 0 amide bonds. The Bertz CT molecular complexity index is 749. The summed E-state index contributed by atoms with van der Waals surface area (Å²) in [4.78, 5) is 0. The molecule has 0 aliphatic heterocycles. The zero-order valence-corrected chi connectivity index (χ0v) is 15.5. The lowest BCUT2D eigenvalue weighted by Crippen LogP contribution is -2.56. The maximum Gasteiger partial charge on any atom is 0.0882 e. The summed E-state index contributed by atoms with van der Waals surface area (Å²) in [6.07, 6.45) is 3.52. The molecule has 1 aliphatic carbocycles. The van der Waals surface area contributed by atoms with Crippen LogP contribution < -0.4 is 5.32 Å². The van der Waals surface area contributed by atoms with Crippen molar-refractivity contribution >= 4 is 22.5 Å². The lowest BCUT2D eigenvalue weighted by molar-refractivity contribution is 0.0306. The summed E-state index contributed by atoms with van der Waals surface area (Å²) in [5.41, 5.74) is 2.31. The number of hydrogen-bond acceptors (Lipinski definition) is 5. The van der Waals surface area contributed by atoms with Gasteiger partial charge in [0, 0.05) is 17.6 Å². The number of hydrogen-bond donors (Lipinski definition) is 5. The second kappa shape index (κ2) is 8.25. The Kier molecular flexibility index (Phi) is 6.22. The third-order valence-electron chi connectivity index (χ3n) is 5.36. The maximum atomic E-state index is 10.6. The van der Waals surface area contributed by atoms with Crippen LogP contribution in [0.25, 0.3) is 10.9 Å². The predicted octanol–water partition coefficient (Wildman–Crippen LogP) is 0.840. The summed E-state index contributed by atoms with van der Waals surface area (Å²) in [7, 11) is 0. The van der Waals surface area contributed by atoms with Crippen LogP contribution in [0.1, 0.15) is 24.1 Å². The van der Waals surface area contributed by atoms with E-state index in [2.05, 4.69) is 16.0 Å². The molecule has 1 atom stereocenters. The Morgan fingerprint density at radius 1 is 1.12 bits per heavy atom. The fourth-order valence-corrected chi connectivity index (χ4v) is 4.05. The monoisotopic (exact) mass is 382 g/mol. The summed E-state index contributed by atoms with van der Waals surface area (Å²) >= 11 is 6.47. The van der Waals surface area contributed by atoms with Crippen molar-refractivity contribution in [3.05, 3.63) is 34.5 Å². The number of fused-ring (bicyclic) bond motifs is 3. The number of para-hydroxylation sites is 1. The molecule has 0 radical (unpaired) electrons. The van der Waals surface area contributed by atoms with Crippen LogP contribution in [0.3, 0.4) is 0 Å². The molecule has 5 N–H and O–H groups in total. The molecular weight excluding hydrogens is 356 g/mol. The van der Waals surface area contributed by atoms with Crippen molar-refractivity contribution in [3.63, 3.8) is 0 Å². The standard InChI is InChI=1S/C19H27ClN2O4/c20-16-6-3-5-15-14-4-1-2-7-17(14)22(18(15)16)9-13(26)8-21-19(10-23,11-24)12-25/h3,5-6,13,21,23-26H,1-2,4,7-12H2/t13-/m0/s1. The topological polar surface area (TPSA) is 97.9 Å². The van der Waals surface area contributed by atoms with Gasteiger partial charge in [0.05, 0.1) is 48.5 Å². The number of nitrogens with one attached hydrogen (secondary N) is 1. The molecule has 1 heterocycles. The minimum Gasteiger partial charge on any atom is -0.394 e. The Labute approximate surface area is 158 Å². The molecule has 0 bridgehead atoms. The van der Waals surface area contributed by atoms with E-state index in [4.69, 9.17) is 11.6 Å². The van der Waals surface area contributed by atoms with Gasteiger partial charge in [-0.3, -0.25) is 0 Å². The number of benzene rings is 1. The van der Waals surface area contributed by atoms with Crippen molar-refractivity contribution in [2.24, 2.45) is 0 Å². The number of halogens is 1. The number of nitrogens with zero attached hydrogens (tertiary/aromatic N) is 1. The molecule has 0 fully saturated rings. The van der Waals surface area contributed by atoms with Gasteiger partial charge in [-0.15, -0.1) is 0 Å². The number of aryl methyl sites for hydroxylation is 1. The summed E-state index contributed by atoms with van der Waals surface area (Å²) in [5, 5.41) is 43.5. The maximum absolute atomic E-state index is 10.6. The first-order chi connectivity index (χ1) is 12.5. The summed E-state index contributed by atoms with van der Waals surface area (Å²) < 4.78 is 2.11. The third kappa shape index (κ3) is 3.63. The molecule has 1 aromatic carbocycles. The lowest BCUT2D eigenvalue weighted by Gasteiger charge is -2.30. The average Bonchev–Trinajstić information content (AvgIpc) is 2.99. The highest BCUT2D eigenvalue weighted by atomic mass is 35.5. The predicted molar refractivity (Wildman–Crippen MR) is 102 cm³/mol. The van der Waals surface area contributed by atoms with E-state index in [0.29, 0.717) is 11.6 Å². The highest BCUT2D eigenvalue weighted by molar-refractivity contribution is 6.35. The molecule has 6 nitrogen and oxygen atoms in total. The smallest absolute Gasteiger partial charge is 0.0882 e. The molecular formula is C19H27ClN2O4. The molecule has 0 saturated carbocycles. The van der Waals surface area contributed by atoms with Gasteiger partial charge in [-0.2, -0.15) is 0 Å². The van der Waals surface area contributed by atoms with Gasteiger partial charge in [0.15, 0.2) is 0 Å². The van der Waals surface area contributed by atoms with Crippen molar-refractivity contribution in [1.82, 2.24) is 9.88 Å². The first-order valence-electron chi connectivity index (χ1n) is 9.09. The van der Waals surface area contributed by atoms with Crippen LogP contribution in [0.15, 0.2) is 18.2 Å². The third-order valence-corrected chi connectivity index (χ3v) is 5.67. The van der Waals surface area contributed by atoms with Crippen molar-refractivity contribution in [2.75, 3.05) is 26.4 Å². The van der Waals surface area contributed by atoms with Crippen LogP contribution in [-0.4, -0.2) is 63.0 Å². The van der Waals surface area contributed by atoms with E-state index in [9.17, 15) is 20.4 Å². The van der Waals surface area contributed by atoms with Gasteiger partial charge in [-0.05, 0) is 37.3 Å². The second-order valence-corrected chi connectivity index (χ2v) is 7.58. The summed E-state index contributed by atoms with van der Waals surface area (Å²) in [6.45, 7) is -0.747. The van der Waals surface area contributed by atoms with Crippen molar-refractivity contribution in [1.29, 1.82) is 0 Å². The zero-order valence-electron chi connectivity index (χ0n) is 14.8. The van der Waals surface area contributed by atoms with Gasteiger partial charge >= 0.3 is 0 Å². The second-order valence-electron chi connectivity index (χ2n) is 7.17. The van der Waals surface area contributed by atoms with Gasteiger partial charge in [0.25, 0.3) is 0 Å². The van der Waals surface area contributed by atoms with Crippen molar-refractivity contribution < 1.29 is 20.4 Å². The average molecular weight is 383 g/mol. The highest BCUT2D eigenvalue weighted by Gasteiger charge is 2.29. The number of β-amino-alcohol motifs (C(OH)–C–C–N with tert-alkyl or cyclic N) is 1. The molecule has 0 unspecified atom stereocenters. The van der Waals surface area contributed by atoms with Gasteiger partial charge in [-0.25, -0.2) is 0 Å². The van der Waals surface area contributed by atoms with E-state index in [0.717, 1.165) is 36.6 Å². The SMILES string of the molecule is OCC(CO)(CO)NC[C@H](O)Cn1c2c(c3cccc(Cl)c31)CCCC2. The van der Waals surface area contributed by atoms with E-state index in [1.165, 1.54) is 11.3 Å². The van der Waals surface area contributed by atoms with Gasteiger partial charge < -0.3 is 30.3 Å². The Morgan fingerprint density at radius 3 is 2.50 bits per heavy atom. The summed E-state index contributed by atoms with van der Waals surface area (Å²) in [5.74, 6) is 0. The first-order valence-corrected chi connectivity index (χ1v) is 9.47. The van der Waals surface area contributed by atoms with E-state index < -0.39 is 31.5 Å². The normalized spacial score (nSPS) is 16.0. The van der Waals surface area contributed by atoms with Gasteiger partial charge in [0.1, 0.15) is 0 Å². The van der Waals surface area contributed by atoms with Crippen LogP contribution >= 0.6 is 11.6 Å². The van der Waals surface area contributed by atoms with E-state index in [1.807, 2.05) is 12.1 Å². The molecule has 2 aromatic rings. The van der Waals surface area contributed by atoms with Crippen molar-refractivity contribution in [3.8, 4) is 0 Å². The minimum atomic E-state index is -1.20. The van der Waals surface area contributed by atoms with Crippen molar-refractivity contribution in [2.45, 2.75) is 43.9 Å². The molecule has 0 saturated heterocycles. The van der Waals surface area contributed by atoms with Gasteiger partial charge in [-0.1, -0.05) is 23.7 Å². The van der Waals surface area contributed by atoms with Crippen LogP contribution in [0.2, 0.25) is 5.02 Å². The van der Waals surface area contributed by atoms with Crippen LogP contribution in [0.5, 0.6) is 0 Å². The lowest BCUT2D eigenvalue weighted by atomic mass is 9.95. The zero-order chi connectivity index (χ0) is 18.7. The number of aromatic nitrogens is 1. The number of aliphatic hydroxyl groups is 4. The van der Waals surface area contributed by atoms with E-state index in [1.54, 1.807) is 0 Å². The number of rotatable bonds is 8. The highest BCUT2D eigenvalue weighted by Crippen LogP contribution is 2.35. The van der Waals surface area contributed by atoms with Crippen LogP contribution in [0.4, 0.5) is 0 Å². The molecule has 1 aromatic heterocycles. The van der Waals surface area contributed by atoms with E-state index in [-0.39, 0.29) is 6.54 Å². The van der Waals surface area contributed by atoms with Crippen LogP contribution in [0, 0.1) is 0 Å². The fraction of sp³-hybridized carbons (Fsp3) is 0.579. The Morgan fingerprint density at radius 2 is 1.81 bits per heavy atom. The fourth-order valence-electron chi connectivity index (χ4n) is 3.77. The first kappa shape index (κ1) is 19.6. The molecule has 3 rings (SSSR count). The van der Waals surface area contributed by atoms with Gasteiger partial charge in [0.2, 0.25) is 0 Å². The molecule has 1 aliphatic rings. The number of aliphatic hydroxyl groups excluding tert-OH is 4. The summed E-state index contributed by atoms with van der Waals surface area (Å²) in [6, 6.07) is 5.91. The minimum absolute atomic E-state index is 0.139. The largest absolute Gasteiger partial charge is 0.394 e. The Hall–Kier alpha value is -1.15. The molecule has 7 heteroatoms. The quantitative estimate of drug-likeness (QED) is 0.466. The Balaban J connectivity index is 1.84. The van der Waals surface area contributed by atoms with E-state index >= 15 is 0 Å². The molecule has 26 heavy (non-hydrogen) atoms. The van der Waals surface area contributed by atoms with Crippen LogP contribution in [-0.2, 0) is 19.4 Å².